The number of rotatable bonds is 3. The summed E-state index contributed by atoms with van der Waals surface area (Å²) in [6.45, 7) is 0. The molecule has 0 aliphatic heterocycles. The summed E-state index contributed by atoms with van der Waals surface area (Å²) in [5.74, 6) is 0.228. The van der Waals surface area contributed by atoms with E-state index in [-0.39, 0.29) is 12.0 Å². The maximum Gasteiger partial charge on any atom is 0.443 e. The molecule has 21 heavy (non-hydrogen) atoms. The lowest BCUT2D eigenvalue weighted by molar-refractivity contribution is -0.137. The first-order chi connectivity index (χ1) is 10.0. The molecule has 0 amide bonds. The van der Waals surface area contributed by atoms with Crippen LogP contribution in [0.5, 0.6) is 0 Å². The maximum absolute atomic E-state index is 12.7. The molecule has 2 heterocycles. The van der Waals surface area contributed by atoms with Crippen LogP contribution in [0.2, 0.25) is 0 Å². The summed E-state index contributed by atoms with van der Waals surface area (Å²) < 4.78 is 38.2. The molecular weight excluding hydrogens is 317 g/mol. The Morgan fingerprint density at radius 1 is 1.43 bits per heavy atom. The van der Waals surface area contributed by atoms with Crippen LogP contribution in [0.15, 0.2) is 17.6 Å². The molecule has 2 aromatic rings. The summed E-state index contributed by atoms with van der Waals surface area (Å²) in [6, 6.07) is 2.01. The van der Waals surface area contributed by atoms with Crippen molar-refractivity contribution in [2.45, 2.75) is 37.4 Å². The number of aryl methyl sites for hydroxylation is 1. The molecule has 0 radical (unpaired) electrons. The molecule has 0 fully saturated rings. The smallest absolute Gasteiger partial charge is 0.312 e. The molecule has 2 nitrogen and oxygen atoms in total. The van der Waals surface area contributed by atoms with E-state index in [2.05, 4.69) is 21.7 Å². The molecule has 0 saturated heterocycles. The van der Waals surface area contributed by atoms with Gasteiger partial charge >= 0.3 is 6.18 Å². The topological polar surface area (TPSA) is 24.9 Å². The Labute approximate surface area is 129 Å². The van der Waals surface area contributed by atoms with Crippen LogP contribution in [0.4, 0.5) is 13.2 Å². The predicted octanol–water partition coefficient (Wildman–Crippen LogP) is 4.60. The van der Waals surface area contributed by atoms with E-state index in [4.69, 9.17) is 0 Å². The zero-order valence-electron chi connectivity index (χ0n) is 11.4. The fourth-order valence-electron chi connectivity index (χ4n) is 2.97. The zero-order valence-corrected chi connectivity index (χ0v) is 13.0. The second kappa shape index (κ2) is 5.70. The molecule has 0 bridgehead atoms. The molecule has 2 aromatic heterocycles. The van der Waals surface area contributed by atoms with Crippen molar-refractivity contribution in [1.82, 2.24) is 10.3 Å². The number of aromatic nitrogens is 1. The molecule has 7 heteroatoms. The van der Waals surface area contributed by atoms with Crippen LogP contribution in [0, 0.1) is 0 Å². The molecule has 0 aromatic carbocycles. The van der Waals surface area contributed by atoms with E-state index >= 15 is 0 Å². The average molecular weight is 332 g/mol. The number of likely N-dealkylation sites (N-methyl/N-ethyl adjacent to an activating group) is 1. The van der Waals surface area contributed by atoms with E-state index in [9.17, 15) is 13.2 Å². The van der Waals surface area contributed by atoms with Gasteiger partial charge in [-0.3, -0.25) is 0 Å². The maximum atomic E-state index is 12.7. The Morgan fingerprint density at radius 3 is 2.90 bits per heavy atom. The van der Waals surface area contributed by atoms with Crippen LogP contribution >= 0.6 is 22.7 Å². The number of hydrogen-bond acceptors (Lipinski definition) is 4. The number of thiophene rings is 1. The summed E-state index contributed by atoms with van der Waals surface area (Å²) in [5, 5.41) is 4.50. The first-order valence-electron chi connectivity index (χ1n) is 6.77. The number of alkyl halides is 3. The lowest BCUT2D eigenvalue weighted by Gasteiger charge is -2.29. The minimum absolute atomic E-state index is 0.104. The van der Waals surface area contributed by atoms with Gasteiger partial charge in [0, 0.05) is 27.9 Å². The highest BCUT2D eigenvalue weighted by molar-refractivity contribution is 7.11. The Bertz CT molecular complexity index is 618. The Balaban J connectivity index is 1.92. The minimum Gasteiger partial charge on any atom is -0.312 e. The number of hydrogen-bond donors (Lipinski definition) is 1. The van der Waals surface area contributed by atoms with Gasteiger partial charge in [-0.15, -0.1) is 22.7 Å². The van der Waals surface area contributed by atoms with Crippen molar-refractivity contribution in [3.05, 3.63) is 38.0 Å². The molecule has 114 valence electrons. The lowest BCUT2D eigenvalue weighted by Crippen LogP contribution is -2.25. The van der Waals surface area contributed by atoms with Crippen LogP contribution in [0.3, 0.4) is 0 Å². The molecule has 0 spiro atoms. The Hall–Kier alpha value is -0.920. The summed E-state index contributed by atoms with van der Waals surface area (Å²) in [7, 11) is 1.80. The fraction of sp³-hybridized carbons (Fsp3) is 0.500. The highest BCUT2D eigenvalue weighted by atomic mass is 32.1. The predicted molar refractivity (Wildman–Crippen MR) is 78.9 cm³/mol. The van der Waals surface area contributed by atoms with Gasteiger partial charge in [-0.1, -0.05) is 0 Å². The average Bonchev–Trinajstić information content (AvgIpc) is 3.07. The molecule has 2 unspecified atom stereocenters. The van der Waals surface area contributed by atoms with Gasteiger partial charge in [0.2, 0.25) is 0 Å². The largest absolute Gasteiger partial charge is 0.443 e. The van der Waals surface area contributed by atoms with Gasteiger partial charge in [-0.25, -0.2) is 4.98 Å². The Morgan fingerprint density at radius 2 is 2.24 bits per heavy atom. The van der Waals surface area contributed by atoms with E-state index in [0.717, 1.165) is 30.6 Å². The SMILES string of the molecule is CNC(c1cnc(C(F)(F)F)s1)C1CCCc2sccc21. The lowest BCUT2D eigenvalue weighted by atomic mass is 9.82. The van der Waals surface area contributed by atoms with E-state index in [1.54, 1.807) is 18.4 Å². The minimum atomic E-state index is -4.36. The quantitative estimate of drug-likeness (QED) is 0.888. The van der Waals surface area contributed by atoms with Crippen LogP contribution in [0.1, 0.15) is 45.1 Å². The summed E-state index contributed by atoms with van der Waals surface area (Å²) in [6.07, 6.45) is 0.169. The molecule has 1 aliphatic rings. The van der Waals surface area contributed by atoms with E-state index in [1.807, 2.05) is 0 Å². The highest BCUT2D eigenvalue weighted by Crippen LogP contribution is 2.44. The van der Waals surface area contributed by atoms with Gasteiger partial charge in [0.25, 0.3) is 0 Å². The number of thiazole rings is 1. The summed E-state index contributed by atoms with van der Waals surface area (Å²) in [5.41, 5.74) is 1.28. The monoisotopic (exact) mass is 332 g/mol. The zero-order chi connectivity index (χ0) is 15.0. The van der Waals surface area contributed by atoms with Crippen molar-refractivity contribution in [3.63, 3.8) is 0 Å². The van der Waals surface area contributed by atoms with Gasteiger partial charge in [0.15, 0.2) is 5.01 Å². The molecule has 1 N–H and O–H groups in total. The molecule has 1 aliphatic carbocycles. The van der Waals surface area contributed by atoms with Gasteiger partial charge in [-0.05, 0) is 43.3 Å². The van der Waals surface area contributed by atoms with Crippen molar-refractivity contribution in [1.29, 1.82) is 0 Å². The number of fused-ring (bicyclic) bond motifs is 1. The normalized spacial score (nSPS) is 20.3. The van der Waals surface area contributed by atoms with Crippen LogP contribution < -0.4 is 5.32 Å². The molecule has 2 atom stereocenters. The van der Waals surface area contributed by atoms with Crippen LogP contribution in [0.25, 0.3) is 0 Å². The van der Waals surface area contributed by atoms with E-state index in [0.29, 0.717) is 4.88 Å². The molecule has 3 rings (SSSR count). The van der Waals surface area contributed by atoms with Crippen molar-refractivity contribution >= 4 is 22.7 Å². The van der Waals surface area contributed by atoms with Crippen molar-refractivity contribution in [3.8, 4) is 0 Å². The molecular formula is C14H15F3N2S2. The second-order valence-corrected chi connectivity index (χ2v) is 7.19. The van der Waals surface area contributed by atoms with Crippen molar-refractivity contribution in [2.24, 2.45) is 0 Å². The summed E-state index contributed by atoms with van der Waals surface area (Å²) >= 11 is 2.49. The van der Waals surface area contributed by atoms with Crippen LogP contribution in [-0.4, -0.2) is 12.0 Å². The first kappa shape index (κ1) is 15.0. The third-order valence-corrected chi connectivity index (χ3v) is 6.01. The Kier molecular flexibility index (Phi) is 4.07. The van der Waals surface area contributed by atoms with Gasteiger partial charge in [0.1, 0.15) is 0 Å². The molecule has 0 saturated carbocycles. The van der Waals surface area contributed by atoms with Gasteiger partial charge in [-0.2, -0.15) is 13.2 Å². The summed E-state index contributed by atoms with van der Waals surface area (Å²) in [4.78, 5) is 5.58. The number of nitrogens with one attached hydrogen (secondary N) is 1. The second-order valence-electron chi connectivity index (χ2n) is 5.13. The first-order valence-corrected chi connectivity index (χ1v) is 8.46. The van der Waals surface area contributed by atoms with E-state index < -0.39 is 11.2 Å². The van der Waals surface area contributed by atoms with Crippen molar-refractivity contribution in [2.75, 3.05) is 7.05 Å². The number of nitrogens with zero attached hydrogens (tertiary/aromatic N) is 1. The standard InChI is InChI=1S/C14H15F3N2S2/c1-18-12(11-7-19-13(21-11)14(15,16)17)9-3-2-4-10-8(9)5-6-20-10/h5-7,9,12,18H,2-4H2,1H3. The highest BCUT2D eigenvalue weighted by Gasteiger charge is 2.37. The third kappa shape index (κ3) is 2.86. The van der Waals surface area contributed by atoms with Crippen LogP contribution in [-0.2, 0) is 12.6 Å². The van der Waals surface area contributed by atoms with E-state index in [1.165, 1.54) is 16.6 Å². The fourth-order valence-corrected chi connectivity index (χ4v) is 4.93. The van der Waals surface area contributed by atoms with Gasteiger partial charge < -0.3 is 5.32 Å². The van der Waals surface area contributed by atoms with Gasteiger partial charge in [0.05, 0.1) is 0 Å². The third-order valence-electron chi connectivity index (χ3n) is 3.88. The van der Waals surface area contributed by atoms with Crippen molar-refractivity contribution < 1.29 is 13.2 Å². The number of halogens is 3.